The molecule has 0 unspecified atom stereocenters. The Morgan fingerprint density at radius 3 is 2.68 bits per heavy atom. The zero-order valence-electron chi connectivity index (χ0n) is 15.8. The number of piperazine rings is 1. The minimum Gasteiger partial charge on any atom is -0.351 e. The van der Waals surface area contributed by atoms with Crippen molar-refractivity contribution in [2.75, 3.05) is 44.2 Å². The number of amides is 1. The Hall–Kier alpha value is -2.15. The largest absolute Gasteiger partial charge is 0.351 e. The van der Waals surface area contributed by atoms with Gasteiger partial charge in [-0.05, 0) is 30.7 Å². The minimum atomic E-state index is -0.117. The zero-order valence-corrected chi connectivity index (χ0v) is 17.4. The minimum absolute atomic E-state index is 0.117. The number of carbonyl (C=O) groups is 1. The molecule has 1 saturated heterocycles. The van der Waals surface area contributed by atoms with E-state index >= 15 is 0 Å². The molecule has 1 aliphatic heterocycles. The Kier molecular flexibility index (Phi) is 5.80. The predicted molar refractivity (Wildman–Crippen MR) is 117 cm³/mol. The van der Waals surface area contributed by atoms with Gasteiger partial charge in [-0.3, -0.25) is 9.69 Å². The molecule has 3 aromatic rings. The molecule has 1 aromatic heterocycles. The molecule has 146 valence electrons. The quantitative estimate of drug-likeness (QED) is 0.689. The number of hydrogen-bond donors (Lipinski definition) is 1. The van der Waals surface area contributed by atoms with Gasteiger partial charge in [0.15, 0.2) is 5.13 Å². The molecule has 0 atom stereocenters. The summed E-state index contributed by atoms with van der Waals surface area (Å²) in [6, 6.07) is 13.5. The van der Waals surface area contributed by atoms with E-state index in [9.17, 15) is 4.79 Å². The van der Waals surface area contributed by atoms with Gasteiger partial charge in [-0.1, -0.05) is 47.2 Å². The molecular formula is C21H23ClN4OS. The number of anilines is 1. The topological polar surface area (TPSA) is 48.5 Å². The molecule has 2 aromatic carbocycles. The number of para-hydroxylation sites is 1. The van der Waals surface area contributed by atoms with E-state index < -0.39 is 0 Å². The second-order valence-corrected chi connectivity index (χ2v) is 8.40. The number of hydrogen-bond acceptors (Lipinski definition) is 5. The third-order valence-electron chi connectivity index (χ3n) is 5.08. The molecule has 1 aliphatic rings. The summed E-state index contributed by atoms with van der Waals surface area (Å²) >= 11 is 7.85. The van der Waals surface area contributed by atoms with Crippen molar-refractivity contribution in [2.45, 2.75) is 6.92 Å². The van der Waals surface area contributed by atoms with Crippen LogP contribution in [0.3, 0.4) is 0 Å². The number of fused-ring (bicyclic) bond motifs is 1. The summed E-state index contributed by atoms with van der Waals surface area (Å²) in [6.45, 7) is 7.41. The normalized spacial score (nSPS) is 15.1. The summed E-state index contributed by atoms with van der Waals surface area (Å²) in [5.41, 5.74) is 2.88. The molecule has 1 fully saturated rings. The first-order valence-electron chi connectivity index (χ1n) is 9.48. The summed E-state index contributed by atoms with van der Waals surface area (Å²) in [4.78, 5) is 21.8. The number of benzene rings is 2. The fourth-order valence-electron chi connectivity index (χ4n) is 3.44. The molecule has 4 rings (SSSR count). The average Bonchev–Trinajstić information content (AvgIpc) is 3.14. The molecule has 28 heavy (non-hydrogen) atoms. The third kappa shape index (κ3) is 4.14. The summed E-state index contributed by atoms with van der Waals surface area (Å²) in [7, 11) is 0. The van der Waals surface area contributed by atoms with E-state index in [1.807, 2.05) is 12.1 Å². The lowest BCUT2D eigenvalue weighted by Gasteiger charge is -2.34. The van der Waals surface area contributed by atoms with Gasteiger partial charge < -0.3 is 10.2 Å². The van der Waals surface area contributed by atoms with Gasteiger partial charge in [-0.2, -0.15) is 0 Å². The zero-order chi connectivity index (χ0) is 19.5. The number of thiazole rings is 1. The number of carbonyl (C=O) groups excluding carboxylic acids is 1. The Morgan fingerprint density at radius 1 is 1.14 bits per heavy atom. The predicted octanol–water partition coefficient (Wildman–Crippen LogP) is 3.81. The molecule has 0 radical (unpaired) electrons. The molecule has 0 bridgehead atoms. The van der Waals surface area contributed by atoms with Crippen molar-refractivity contribution in [1.82, 2.24) is 15.2 Å². The first kappa shape index (κ1) is 19.2. The Labute approximate surface area is 173 Å². The number of halogens is 1. The summed E-state index contributed by atoms with van der Waals surface area (Å²) < 4.78 is 1.25. The summed E-state index contributed by atoms with van der Waals surface area (Å²) in [5.74, 6) is -0.117. The fourth-order valence-corrected chi connectivity index (χ4v) is 4.76. The monoisotopic (exact) mass is 414 g/mol. The number of aryl methyl sites for hydroxylation is 1. The van der Waals surface area contributed by atoms with Crippen molar-refractivity contribution in [3.63, 3.8) is 0 Å². The van der Waals surface area contributed by atoms with Crippen LogP contribution in [0.1, 0.15) is 15.9 Å². The maximum atomic E-state index is 12.2. The molecule has 0 spiro atoms. The van der Waals surface area contributed by atoms with Crippen LogP contribution in [0.5, 0.6) is 0 Å². The van der Waals surface area contributed by atoms with Gasteiger partial charge >= 0.3 is 0 Å². The van der Waals surface area contributed by atoms with Gasteiger partial charge in [0.05, 0.1) is 20.8 Å². The van der Waals surface area contributed by atoms with Crippen LogP contribution < -0.4 is 10.2 Å². The van der Waals surface area contributed by atoms with Crippen LogP contribution >= 0.6 is 22.9 Å². The second kappa shape index (κ2) is 8.47. The number of nitrogens with one attached hydrogen (secondary N) is 1. The van der Waals surface area contributed by atoms with Gasteiger partial charge in [0.25, 0.3) is 5.91 Å². The first-order valence-corrected chi connectivity index (χ1v) is 10.7. The van der Waals surface area contributed by atoms with Crippen molar-refractivity contribution in [3.05, 3.63) is 58.6 Å². The molecule has 1 N–H and O–H groups in total. The smallest absolute Gasteiger partial charge is 0.252 e. The van der Waals surface area contributed by atoms with Crippen molar-refractivity contribution in [3.8, 4) is 0 Å². The van der Waals surface area contributed by atoms with Crippen LogP contribution in [0.15, 0.2) is 42.5 Å². The molecule has 0 saturated carbocycles. The Balaban J connectivity index is 1.27. The highest BCUT2D eigenvalue weighted by molar-refractivity contribution is 7.22. The molecule has 7 heteroatoms. The van der Waals surface area contributed by atoms with Crippen molar-refractivity contribution < 1.29 is 4.79 Å². The van der Waals surface area contributed by atoms with E-state index in [0.29, 0.717) is 17.1 Å². The Morgan fingerprint density at radius 2 is 1.93 bits per heavy atom. The van der Waals surface area contributed by atoms with Gasteiger partial charge in [0, 0.05) is 39.3 Å². The second-order valence-electron chi connectivity index (χ2n) is 6.98. The standard InChI is InChI=1S/C21H23ClN4OS/c1-15-5-4-8-18-19(15)24-21(28-18)26-13-11-25(12-14-26)10-9-23-20(27)16-6-2-3-7-17(16)22/h2-8H,9-14H2,1H3,(H,23,27). The van der Waals surface area contributed by atoms with Crippen LogP contribution in [0.2, 0.25) is 5.02 Å². The van der Waals surface area contributed by atoms with Crippen LogP contribution in [0.25, 0.3) is 10.2 Å². The van der Waals surface area contributed by atoms with E-state index in [4.69, 9.17) is 16.6 Å². The molecular weight excluding hydrogens is 392 g/mol. The third-order valence-corrected chi connectivity index (χ3v) is 6.50. The van der Waals surface area contributed by atoms with E-state index in [-0.39, 0.29) is 5.91 Å². The lowest BCUT2D eigenvalue weighted by atomic mass is 10.2. The van der Waals surface area contributed by atoms with Gasteiger partial charge in [-0.15, -0.1) is 0 Å². The highest BCUT2D eigenvalue weighted by atomic mass is 35.5. The molecule has 0 aliphatic carbocycles. The maximum absolute atomic E-state index is 12.2. The van der Waals surface area contributed by atoms with E-state index in [1.54, 1.807) is 23.5 Å². The lowest BCUT2D eigenvalue weighted by molar-refractivity contribution is 0.0948. The van der Waals surface area contributed by atoms with E-state index in [2.05, 4.69) is 40.2 Å². The van der Waals surface area contributed by atoms with Crippen LogP contribution in [-0.2, 0) is 0 Å². The SMILES string of the molecule is Cc1cccc2sc(N3CCN(CCNC(=O)c4ccccc4Cl)CC3)nc12. The van der Waals surface area contributed by atoms with E-state index in [0.717, 1.165) is 43.4 Å². The van der Waals surface area contributed by atoms with Gasteiger partial charge in [0.1, 0.15) is 0 Å². The highest BCUT2D eigenvalue weighted by Gasteiger charge is 2.20. The van der Waals surface area contributed by atoms with Crippen molar-refractivity contribution in [2.24, 2.45) is 0 Å². The van der Waals surface area contributed by atoms with Crippen molar-refractivity contribution in [1.29, 1.82) is 0 Å². The maximum Gasteiger partial charge on any atom is 0.252 e. The van der Waals surface area contributed by atoms with Gasteiger partial charge in [-0.25, -0.2) is 4.98 Å². The summed E-state index contributed by atoms with van der Waals surface area (Å²) in [6.07, 6.45) is 0. The van der Waals surface area contributed by atoms with Crippen LogP contribution in [0, 0.1) is 6.92 Å². The molecule has 1 amide bonds. The van der Waals surface area contributed by atoms with Crippen molar-refractivity contribution >= 4 is 44.2 Å². The average molecular weight is 415 g/mol. The Bertz CT molecular complexity index is 981. The van der Waals surface area contributed by atoms with Crippen LogP contribution in [0.4, 0.5) is 5.13 Å². The number of aromatic nitrogens is 1. The number of nitrogens with zero attached hydrogens (tertiary/aromatic N) is 3. The number of rotatable bonds is 5. The lowest BCUT2D eigenvalue weighted by Crippen LogP contribution is -2.48. The highest BCUT2D eigenvalue weighted by Crippen LogP contribution is 2.30. The fraction of sp³-hybridized carbons (Fsp3) is 0.333. The molecule has 5 nitrogen and oxygen atoms in total. The van der Waals surface area contributed by atoms with Gasteiger partial charge in [0.2, 0.25) is 0 Å². The first-order chi connectivity index (χ1) is 13.6. The molecule has 2 heterocycles. The van der Waals surface area contributed by atoms with E-state index in [1.165, 1.54) is 10.3 Å². The summed E-state index contributed by atoms with van der Waals surface area (Å²) in [5, 5.41) is 4.56. The van der Waals surface area contributed by atoms with Crippen LogP contribution in [-0.4, -0.2) is 55.1 Å².